The highest BCUT2D eigenvalue weighted by atomic mass is 16.5. The number of hydrogen-bond donors (Lipinski definition) is 1. The molecule has 1 amide bonds. The summed E-state index contributed by atoms with van der Waals surface area (Å²) >= 11 is 0. The molecule has 1 N–H and O–H groups in total. The van der Waals surface area contributed by atoms with E-state index in [4.69, 9.17) is 9.47 Å². The molecule has 3 aromatic rings. The molecule has 4 rings (SSSR count). The van der Waals surface area contributed by atoms with Gasteiger partial charge in [-0.15, -0.1) is 0 Å². The van der Waals surface area contributed by atoms with Crippen LogP contribution in [0.15, 0.2) is 78.4 Å². The van der Waals surface area contributed by atoms with Crippen LogP contribution in [0.2, 0.25) is 0 Å². The number of carbonyl (C=O) groups excluding carboxylic acids is 2. The molecular weight excluding hydrogens is 442 g/mol. The molecule has 180 valence electrons. The summed E-state index contributed by atoms with van der Waals surface area (Å²) in [5.41, 5.74) is 2.74. The third kappa shape index (κ3) is 4.39. The summed E-state index contributed by atoms with van der Waals surface area (Å²) in [6, 6.07) is 20.9. The lowest BCUT2D eigenvalue weighted by atomic mass is 9.85. The van der Waals surface area contributed by atoms with Gasteiger partial charge in [0.15, 0.2) is 11.5 Å². The molecule has 35 heavy (non-hydrogen) atoms. The maximum Gasteiger partial charge on any atom is 0.300 e. The topological polar surface area (TPSA) is 76.1 Å². The summed E-state index contributed by atoms with van der Waals surface area (Å²) in [7, 11) is 3.01. The smallest absolute Gasteiger partial charge is 0.300 e. The summed E-state index contributed by atoms with van der Waals surface area (Å²) < 4.78 is 10.7. The number of anilines is 1. The molecule has 0 radical (unpaired) electrons. The van der Waals surface area contributed by atoms with E-state index >= 15 is 0 Å². The van der Waals surface area contributed by atoms with Crippen LogP contribution in [0.3, 0.4) is 0 Å². The van der Waals surface area contributed by atoms with Crippen LogP contribution in [-0.2, 0) is 15.0 Å². The van der Waals surface area contributed by atoms with Gasteiger partial charge >= 0.3 is 0 Å². The van der Waals surface area contributed by atoms with Crippen molar-refractivity contribution in [2.24, 2.45) is 0 Å². The minimum Gasteiger partial charge on any atom is -0.507 e. The molecule has 1 heterocycles. The van der Waals surface area contributed by atoms with Crippen LogP contribution in [0.25, 0.3) is 5.76 Å². The highest BCUT2D eigenvalue weighted by Gasteiger charge is 2.47. The average Bonchev–Trinajstić information content (AvgIpc) is 3.13. The summed E-state index contributed by atoms with van der Waals surface area (Å²) in [6.45, 7) is 6.36. The minimum absolute atomic E-state index is 0.0228. The molecular formula is C29H29NO5. The second kappa shape index (κ2) is 9.29. The van der Waals surface area contributed by atoms with Gasteiger partial charge in [-0.05, 0) is 46.9 Å². The molecule has 0 spiro atoms. The van der Waals surface area contributed by atoms with Gasteiger partial charge in [0.2, 0.25) is 0 Å². The highest BCUT2D eigenvalue weighted by Crippen LogP contribution is 2.43. The van der Waals surface area contributed by atoms with Crippen molar-refractivity contribution in [3.8, 4) is 11.5 Å². The van der Waals surface area contributed by atoms with Gasteiger partial charge in [0.1, 0.15) is 5.76 Å². The first-order valence-electron chi connectivity index (χ1n) is 11.4. The van der Waals surface area contributed by atoms with Crippen LogP contribution in [0, 0.1) is 0 Å². The zero-order valence-corrected chi connectivity index (χ0v) is 20.5. The predicted octanol–water partition coefficient (Wildman–Crippen LogP) is 5.63. The fourth-order valence-electron chi connectivity index (χ4n) is 4.31. The molecule has 1 aliphatic heterocycles. The molecule has 1 unspecified atom stereocenters. The number of ether oxygens (including phenoxy) is 2. The fourth-order valence-corrected chi connectivity index (χ4v) is 4.31. The van der Waals surface area contributed by atoms with Crippen molar-refractivity contribution in [3.05, 3.63) is 95.1 Å². The number of aliphatic hydroxyl groups excluding tert-OH is 1. The van der Waals surface area contributed by atoms with Gasteiger partial charge in [-0.2, -0.15) is 0 Å². The van der Waals surface area contributed by atoms with Gasteiger partial charge < -0.3 is 14.6 Å². The summed E-state index contributed by atoms with van der Waals surface area (Å²) in [6.07, 6.45) is 0. The van der Waals surface area contributed by atoms with E-state index in [9.17, 15) is 14.7 Å². The van der Waals surface area contributed by atoms with Crippen molar-refractivity contribution >= 4 is 23.1 Å². The molecule has 6 nitrogen and oxygen atoms in total. The Kier molecular flexibility index (Phi) is 6.39. The SMILES string of the molecule is COc1ccc(/C(O)=C2/C(=O)C(=O)N(c3ccccc3)C2c2ccc(C(C)(C)C)cc2)cc1OC. The Balaban J connectivity index is 1.92. The predicted molar refractivity (Wildman–Crippen MR) is 136 cm³/mol. The standard InChI is InChI=1S/C29H29NO5/c1-29(2,3)20-14-11-18(12-15-20)25-24(26(31)19-13-16-22(34-4)23(17-19)35-5)27(32)28(33)30(25)21-9-7-6-8-10-21/h6-17,25,31H,1-5H3/b26-24-. The molecule has 1 aliphatic rings. The van der Waals surface area contributed by atoms with Crippen LogP contribution >= 0.6 is 0 Å². The Morgan fingerprint density at radius 1 is 0.857 bits per heavy atom. The van der Waals surface area contributed by atoms with Crippen molar-refractivity contribution in [1.82, 2.24) is 0 Å². The highest BCUT2D eigenvalue weighted by molar-refractivity contribution is 6.51. The van der Waals surface area contributed by atoms with Crippen molar-refractivity contribution in [2.45, 2.75) is 32.2 Å². The Hall–Kier alpha value is -4.06. The summed E-state index contributed by atoms with van der Waals surface area (Å²) in [5, 5.41) is 11.4. The lowest BCUT2D eigenvalue weighted by Gasteiger charge is -2.26. The molecule has 3 aromatic carbocycles. The van der Waals surface area contributed by atoms with Gasteiger partial charge in [-0.3, -0.25) is 14.5 Å². The maximum absolute atomic E-state index is 13.3. The zero-order valence-electron chi connectivity index (χ0n) is 20.5. The molecule has 1 fully saturated rings. The van der Waals surface area contributed by atoms with Gasteiger partial charge in [-0.1, -0.05) is 63.2 Å². The van der Waals surface area contributed by atoms with Crippen LogP contribution in [-0.4, -0.2) is 31.0 Å². The Labute approximate surface area is 205 Å². The zero-order chi connectivity index (χ0) is 25.3. The van der Waals surface area contributed by atoms with Crippen LogP contribution in [0.4, 0.5) is 5.69 Å². The second-order valence-corrected chi connectivity index (χ2v) is 9.45. The number of para-hydroxylation sites is 1. The first kappa shape index (κ1) is 24.1. The number of amides is 1. The largest absolute Gasteiger partial charge is 0.507 e. The van der Waals surface area contributed by atoms with E-state index in [2.05, 4.69) is 20.8 Å². The number of carbonyl (C=O) groups is 2. The van der Waals surface area contributed by atoms with E-state index < -0.39 is 17.7 Å². The number of Topliss-reactive ketones (excluding diaryl/α,β-unsaturated/α-hetero) is 1. The van der Waals surface area contributed by atoms with Gasteiger partial charge in [0, 0.05) is 11.3 Å². The number of ketones is 1. The number of methoxy groups -OCH3 is 2. The van der Waals surface area contributed by atoms with Crippen molar-refractivity contribution in [2.75, 3.05) is 19.1 Å². The molecule has 0 saturated carbocycles. The lowest BCUT2D eigenvalue weighted by molar-refractivity contribution is -0.132. The maximum atomic E-state index is 13.3. The lowest BCUT2D eigenvalue weighted by Crippen LogP contribution is -2.29. The van der Waals surface area contributed by atoms with Crippen molar-refractivity contribution in [3.63, 3.8) is 0 Å². The van der Waals surface area contributed by atoms with E-state index in [1.807, 2.05) is 42.5 Å². The Morgan fingerprint density at radius 2 is 1.49 bits per heavy atom. The molecule has 0 aromatic heterocycles. The van der Waals surface area contributed by atoms with Crippen LogP contribution < -0.4 is 14.4 Å². The molecule has 0 bridgehead atoms. The van der Waals surface area contributed by atoms with Gasteiger partial charge in [0.25, 0.3) is 11.7 Å². The first-order chi connectivity index (χ1) is 16.7. The number of aliphatic hydroxyl groups is 1. The van der Waals surface area contributed by atoms with Crippen molar-refractivity contribution in [1.29, 1.82) is 0 Å². The first-order valence-corrected chi connectivity index (χ1v) is 11.4. The normalized spacial score (nSPS) is 17.5. The fraction of sp³-hybridized carbons (Fsp3) is 0.241. The van der Waals surface area contributed by atoms with E-state index in [-0.39, 0.29) is 16.7 Å². The minimum atomic E-state index is -0.792. The second-order valence-electron chi connectivity index (χ2n) is 9.45. The summed E-state index contributed by atoms with van der Waals surface area (Å²) in [4.78, 5) is 28.0. The average molecular weight is 472 g/mol. The number of nitrogens with zero attached hydrogens (tertiary/aromatic N) is 1. The van der Waals surface area contributed by atoms with Crippen LogP contribution in [0.1, 0.15) is 43.5 Å². The van der Waals surface area contributed by atoms with E-state index in [1.165, 1.54) is 19.1 Å². The number of rotatable bonds is 5. The van der Waals surface area contributed by atoms with E-state index in [1.54, 1.807) is 30.3 Å². The number of benzene rings is 3. The van der Waals surface area contributed by atoms with Crippen LogP contribution in [0.5, 0.6) is 11.5 Å². The quantitative estimate of drug-likeness (QED) is 0.297. The molecule has 6 heteroatoms. The van der Waals surface area contributed by atoms with Crippen molar-refractivity contribution < 1.29 is 24.2 Å². The summed E-state index contributed by atoms with van der Waals surface area (Å²) in [5.74, 6) is -0.815. The Morgan fingerprint density at radius 3 is 2.06 bits per heavy atom. The molecule has 1 saturated heterocycles. The third-order valence-corrected chi connectivity index (χ3v) is 6.23. The Bertz CT molecular complexity index is 1290. The third-order valence-electron chi connectivity index (χ3n) is 6.23. The van der Waals surface area contributed by atoms with E-state index in [0.29, 0.717) is 22.7 Å². The van der Waals surface area contributed by atoms with E-state index in [0.717, 1.165) is 11.1 Å². The van der Waals surface area contributed by atoms with Gasteiger partial charge in [0.05, 0.1) is 25.8 Å². The monoisotopic (exact) mass is 471 g/mol. The molecule has 0 aliphatic carbocycles. The molecule has 1 atom stereocenters. The number of hydrogen-bond acceptors (Lipinski definition) is 5. The van der Waals surface area contributed by atoms with Gasteiger partial charge in [-0.25, -0.2) is 0 Å².